The molecule has 1 aromatic carbocycles. The Morgan fingerprint density at radius 1 is 1.33 bits per heavy atom. The Morgan fingerprint density at radius 3 is 2.73 bits per heavy atom. The first kappa shape index (κ1) is 10.6. The Labute approximate surface area is 89.8 Å². The van der Waals surface area contributed by atoms with Crippen LogP contribution < -0.4 is 4.74 Å². The first-order valence-electron chi connectivity index (χ1n) is 4.48. The van der Waals surface area contributed by atoms with Crippen LogP contribution in [-0.2, 0) is 0 Å². The minimum Gasteiger partial charge on any atom is -0.492 e. The van der Waals surface area contributed by atoms with Crippen LogP contribution in [0.5, 0.6) is 5.75 Å². The van der Waals surface area contributed by atoms with Crippen LogP contribution in [0.15, 0.2) is 18.2 Å². The van der Waals surface area contributed by atoms with Gasteiger partial charge in [0.1, 0.15) is 5.75 Å². The highest BCUT2D eigenvalue weighted by Crippen LogP contribution is 2.46. The molecule has 0 bridgehead atoms. The highest BCUT2D eigenvalue weighted by molar-refractivity contribution is 6.32. The summed E-state index contributed by atoms with van der Waals surface area (Å²) >= 11 is 5.77. The lowest BCUT2D eigenvalue weighted by Crippen LogP contribution is -2.26. The molecule has 5 heteroatoms. The van der Waals surface area contributed by atoms with Gasteiger partial charge < -0.3 is 4.74 Å². The minimum absolute atomic E-state index is 0.0448. The monoisotopic (exact) mass is 236 g/mol. The van der Waals surface area contributed by atoms with Gasteiger partial charge in [0.2, 0.25) is 0 Å². The van der Waals surface area contributed by atoms with Crippen LogP contribution in [0.1, 0.15) is 17.9 Å². The van der Waals surface area contributed by atoms with Crippen molar-refractivity contribution in [1.29, 1.82) is 0 Å². The second-order valence-electron chi connectivity index (χ2n) is 3.39. The van der Waals surface area contributed by atoms with Gasteiger partial charge in [-0.2, -0.15) is 13.2 Å². The quantitative estimate of drug-likeness (QED) is 0.666. The van der Waals surface area contributed by atoms with Crippen molar-refractivity contribution in [2.45, 2.75) is 18.5 Å². The van der Waals surface area contributed by atoms with Gasteiger partial charge in [-0.15, -0.1) is 0 Å². The summed E-state index contributed by atoms with van der Waals surface area (Å²) < 4.78 is 43.1. The number of hydrogen-bond donors (Lipinski definition) is 0. The molecule has 0 aromatic heterocycles. The third-order valence-corrected chi connectivity index (χ3v) is 2.72. The van der Waals surface area contributed by atoms with Crippen molar-refractivity contribution in [2.24, 2.45) is 0 Å². The predicted molar refractivity (Wildman–Crippen MR) is 50.4 cm³/mol. The molecule has 1 nitrogen and oxygen atoms in total. The van der Waals surface area contributed by atoms with Gasteiger partial charge in [-0.1, -0.05) is 23.7 Å². The van der Waals surface area contributed by atoms with Gasteiger partial charge in [0.25, 0.3) is 0 Å². The topological polar surface area (TPSA) is 9.23 Å². The molecular weight excluding hydrogens is 229 g/mol. The Bertz CT molecular complexity index is 375. The molecule has 1 heterocycles. The number of halogens is 4. The lowest BCUT2D eigenvalue weighted by molar-refractivity contribution is -0.155. The lowest BCUT2D eigenvalue weighted by Gasteiger charge is -2.28. The fraction of sp³-hybridized carbons (Fsp3) is 0.400. The maximum absolute atomic E-state index is 12.7. The van der Waals surface area contributed by atoms with Crippen molar-refractivity contribution in [1.82, 2.24) is 0 Å². The van der Waals surface area contributed by atoms with E-state index in [0.29, 0.717) is 0 Å². The molecular formula is C10H8ClF3O. The molecule has 0 fully saturated rings. The molecule has 15 heavy (non-hydrogen) atoms. The summed E-state index contributed by atoms with van der Waals surface area (Å²) in [7, 11) is 0. The molecule has 82 valence electrons. The van der Waals surface area contributed by atoms with E-state index in [-0.39, 0.29) is 29.4 Å². The number of alkyl halides is 3. The summed E-state index contributed by atoms with van der Waals surface area (Å²) in [4.78, 5) is 0. The van der Waals surface area contributed by atoms with Crippen molar-refractivity contribution in [3.8, 4) is 5.75 Å². The Hall–Kier alpha value is -0.900. The van der Waals surface area contributed by atoms with E-state index < -0.39 is 12.1 Å². The molecule has 0 spiro atoms. The fourth-order valence-corrected chi connectivity index (χ4v) is 1.96. The zero-order valence-corrected chi connectivity index (χ0v) is 8.40. The third kappa shape index (κ3) is 1.91. The van der Waals surface area contributed by atoms with E-state index in [2.05, 4.69) is 0 Å². The Balaban J connectivity index is 2.48. The maximum atomic E-state index is 12.7. The van der Waals surface area contributed by atoms with E-state index in [4.69, 9.17) is 16.3 Å². The molecule has 1 aliphatic rings. The first-order valence-corrected chi connectivity index (χ1v) is 4.86. The third-order valence-electron chi connectivity index (χ3n) is 2.42. The highest BCUT2D eigenvalue weighted by atomic mass is 35.5. The molecule has 0 aliphatic carbocycles. The molecule has 0 amide bonds. The standard InChI is InChI=1S/C10H8ClF3O/c11-8-3-1-2-6-7(10(12,13)14)4-5-15-9(6)8/h1-3,7H,4-5H2. The zero-order valence-electron chi connectivity index (χ0n) is 7.64. The van der Waals surface area contributed by atoms with E-state index in [1.165, 1.54) is 18.2 Å². The molecule has 1 aliphatic heterocycles. The molecule has 0 saturated heterocycles. The van der Waals surface area contributed by atoms with Gasteiger partial charge in [-0.25, -0.2) is 0 Å². The van der Waals surface area contributed by atoms with Crippen LogP contribution in [0.3, 0.4) is 0 Å². The predicted octanol–water partition coefficient (Wildman–Crippen LogP) is 3.77. The maximum Gasteiger partial charge on any atom is 0.396 e. The zero-order chi connectivity index (χ0) is 11.1. The summed E-state index contributed by atoms with van der Waals surface area (Å²) in [5, 5.41) is 0.237. The Morgan fingerprint density at radius 2 is 2.07 bits per heavy atom. The van der Waals surface area contributed by atoms with Gasteiger partial charge in [0.15, 0.2) is 0 Å². The van der Waals surface area contributed by atoms with E-state index in [1.54, 1.807) is 0 Å². The number of benzene rings is 1. The smallest absolute Gasteiger partial charge is 0.396 e. The highest BCUT2D eigenvalue weighted by Gasteiger charge is 2.43. The summed E-state index contributed by atoms with van der Waals surface area (Å²) in [6.07, 6.45) is -4.28. The number of rotatable bonds is 0. The average Bonchev–Trinajstić information content (AvgIpc) is 2.16. The van der Waals surface area contributed by atoms with Crippen LogP contribution in [0.4, 0.5) is 13.2 Å². The minimum atomic E-state index is -4.23. The van der Waals surface area contributed by atoms with Crippen molar-refractivity contribution in [2.75, 3.05) is 6.61 Å². The van der Waals surface area contributed by atoms with Gasteiger partial charge >= 0.3 is 6.18 Å². The second-order valence-corrected chi connectivity index (χ2v) is 3.80. The molecule has 1 atom stereocenters. The van der Waals surface area contributed by atoms with E-state index in [9.17, 15) is 13.2 Å². The van der Waals surface area contributed by atoms with Crippen molar-refractivity contribution in [3.05, 3.63) is 28.8 Å². The van der Waals surface area contributed by atoms with Gasteiger partial charge in [-0.3, -0.25) is 0 Å². The number of fused-ring (bicyclic) bond motifs is 1. The van der Waals surface area contributed by atoms with Gasteiger partial charge in [0.05, 0.1) is 17.5 Å². The van der Waals surface area contributed by atoms with E-state index in [1.807, 2.05) is 0 Å². The van der Waals surface area contributed by atoms with E-state index >= 15 is 0 Å². The summed E-state index contributed by atoms with van der Waals surface area (Å²) in [6.45, 7) is 0.0565. The second kappa shape index (κ2) is 3.59. The molecule has 0 saturated carbocycles. The Kier molecular flexibility index (Phi) is 2.54. The SMILES string of the molecule is FC(F)(F)C1CCOc2c(Cl)cccc21. The largest absolute Gasteiger partial charge is 0.492 e. The van der Waals surface area contributed by atoms with Crippen LogP contribution in [0.2, 0.25) is 5.02 Å². The van der Waals surface area contributed by atoms with Crippen LogP contribution >= 0.6 is 11.6 Å². The van der Waals surface area contributed by atoms with Gasteiger partial charge in [-0.05, 0) is 12.5 Å². The average molecular weight is 237 g/mol. The van der Waals surface area contributed by atoms with Crippen LogP contribution in [-0.4, -0.2) is 12.8 Å². The normalized spacial score (nSPS) is 20.7. The fourth-order valence-electron chi connectivity index (χ4n) is 1.73. The van der Waals surface area contributed by atoms with Crippen LogP contribution in [0.25, 0.3) is 0 Å². The first-order chi connectivity index (χ1) is 7.00. The van der Waals surface area contributed by atoms with Crippen molar-refractivity contribution >= 4 is 11.6 Å². The molecule has 1 unspecified atom stereocenters. The molecule has 0 N–H and O–H groups in total. The summed E-state index contributed by atoms with van der Waals surface area (Å²) in [5.41, 5.74) is 0.140. The van der Waals surface area contributed by atoms with Gasteiger partial charge in [0, 0.05) is 5.56 Å². The lowest BCUT2D eigenvalue weighted by atomic mass is 9.93. The van der Waals surface area contributed by atoms with Crippen molar-refractivity contribution < 1.29 is 17.9 Å². The number of para-hydroxylation sites is 1. The van der Waals surface area contributed by atoms with E-state index in [0.717, 1.165) is 0 Å². The molecule has 0 radical (unpaired) electrons. The van der Waals surface area contributed by atoms with Crippen LogP contribution in [0, 0.1) is 0 Å². The number of ether oxygens (including phenoxy) is 1. The summed E-state index contributed by atoms with van der Waals surface area (Å²) in [6, 6.07) is 4.45. The number of hydrogen-bond acceptors (Lipinski definition) is 1. The molecule has 2 rings (SSSR count). The van der Waals surface area contributed by atoms with Crippen molar-refractivity contribution in [3.63, 3.8) is 0 Å². The summed E-state index contributed by atoms with van der Waals surface area (Å²) in [5.74, 6) is -1.28. The molecule has 1 aromatic rings.